The van der Waals surface area contributed by atoms with Crippen LogP contribution in [0.2, 0.25) is 5.02 Å². The maximum absolute atomic E-state index is 12.1. The molecule has 1 fully saturated rings. The molecule has 0 aliphatic carbocycles. The number of aromatic nitrogens is 3. The molecule has 1 aliphatic rings. The van der Waals surface area contributed by atoms with Gasteiger partial charge in [-0.25, -0.2) is 4.68 Å². The third-order valence-electron chi connectivity index (χ3n) is 3.54. The quantitative estimate of drug-likeness (QED) is 0.817. The second-order valence-corrected chi connectivity index (χ2v) is 6.54. The highest BCUT2D eigenvalue weighted by atomic mass is 35.5. The Bertz CT molecular complexity index is 744. The number of hydrogen-bond donors (Lipinski definition) is 1. The zero-order valence-corrected chi connectivity index (χ0v) is 13.6. The molecule has 1 aromatic carbocycles. The minimum atomic E-state index is -0.611. The Morgan fingerprint density at radius 3 is 2.74 bits per heavy atom. The van der Waals surface area contributed by atoms with Crippen LogP contribution in [-0.2, 0) is 4.79 Å². The summed E-state index contributed by atoms with van der Waals surface area (Å²) in [4.78, 5) is 25.8. The second kappa shape index (κ2) is 6.59. The summed E-state index contributed by atoms with van der Waals surface area (Å²) >= 11 is 7.48. The van der Waals surface area contributed by atoms with Gasteiger partial charge in [-0.15, -0.1) is 16.9 Å². The van der Waals surface area contributed by atoms with E-state index in [1.807, 2.05) is 18.2 Å². The summed E-state index contributed by atoms with van der Waals surface area (Å²) in [6.07, 6.45) is 1.51. The molecule has 9 heteroatoms. The van der Waals surface area contributed by atoms with E-state index in [2.05, 4.69) is 10.3 Å². The molecule has 1 saturated heterocycles. The lowest BCUT2D eigenvalue weighted by molar-refractivity contribution is -0.134. The van der Waals surface area contributed by atoms with Crippen LogP contribution in [0.1, 0.15) is 16.5 Å². The number of thioether (sulfide) groups is 1. The van der Waals surface area contributed by atoms with Crippen molar-refractivity contribution in [2.24, 2.45) is 5.73 Å². The topological polar surface area (TPSA) is 94.1 Å². The predicted molar refractivity (Wildman–Crippen MR) is 86.3 cm³/mol. The van der Waals surface area contributed by atoms with Crippen molar-refractivity contribution in [3.05, 3.63) is 41.2 Å². The number of nitrogens with two attached hydrogens (primary N) is 1. The Balaban J connectivity index is 1.49. The van der Waals surface area contributed by atoms with Gasteiger partial charge in [0.2, 0.25) is 5.91 Å². The summed E-state index contributed by atoms with van der Waals surface area (Å²) in [7, 11) is 0. The highest BCUT2D eigenvalue weighted by Crippen LogP contribution is 2.28. The van der Waals surface area contributed by atoms with Crippen molar-refractivity contribution in [1.29, 1.82) is 0 Å². The molecule has 2 aromatic rings. The first-order chi connectivity index (χ1) is 11.0. The van der Waals surface area contributed by atoms with Crippen LogP contribution < -0.4 is 5.73 Å². The van der Waals surface area contributed by atoms with Gasteiger partial charge >= 0.3 is 0 Å². The van der Waals surface area contributed by atoms with E-state index in [9.17, 15) is 9.59 Å². The molecule has 0 atom stereocenters. The number of likely N-dealkylation sites (tertiary alicyclic amines) is 1. The lowest BCUT2D eigenvalue weighted by Gasteiger charge is -2.38. The monoisotopic (exact) mass is 351 g/mol. The third-order valence-corrected chi connectivity index (χ3v) is 5.04. The van der Waals surface area contributed by atoms with Crippen molar-refractivity contribution in [1.82, 2.24) is 19.9 Å². The van der Waals surface area contributed by atoms with Gasteiger partial charge in [0.05, 0.1) is 23.0 Å². The molecular weight excluding hydrogens is 338 g/mol. The smallest absolute Gasteiger partial charge is 0.270 e. The number of benzene rings is 1. The minimum absolute atomic E-state index is 0.0323. The number of hydrogen-bond acceptors (Lipinski definition) is 5. The van der Waals surface area contributed by atoms with Crippen LogP contribution in [0.15, 0.2) is 35.4 Å². The molecule has 0 bridgehead atoms. The first-order valence-electron chi connectivity index (χ1n) is 6.91. The van der Waals surface area contributed by atoms with E-state index in [0.29, 0.717) is 23.9 Å². The maximum atomic E-state index is 12.1. The summed E-state index contributed by atoms with van der Waals surface area (Å²) in [5.74, 6) is -0.235. The van der Waals surface area contributed by atoms with Crippen molar-refractivity contribution in [2.45, 2.75) is 10.9 Å². The molecule has 0 saturated carbocycles. The number of halogens is 1. The van der Waals surface area contributed by atoms with Crippen molar-refractivity contribution >= 4 is 35.2 Å². The number of primary amides is 1. The molecule has 23 heavy (non-hydrogen) atoms. The summed E-state index contributed by atoms with van der Waals surface area (Å²) in [5.41, 5.74) is 5.27. The van der Waals surface area contributed by atoms with E-state index in [-0.39, 0.29) is 17.6 Å². The van der Waals surface area contributed by atoms with Gasteiger partial charge in [0, 0.05) is 18.0 Å². The Morgan fingerprint density at radius 2 is 2.09 bits per heavy atom. The standard InChI is InChI=1S/C14H14ClN5O2S/c15-10-3-1-2-4-12(10)23-8-13(21)19-5-9(6-19)20-7-11(14(16)22)17-18-20/h1-4,7,9H,5-6,8H2,(H2,16,22). The van der Waals surface area contributed by atoms with Crippen molar-refractivity contribution in [2.75, 3.05) is 18.8 Å². The van der Waals surface area contributed by atoms with Gasteiger partial charge in [-0.05, 0) is 12.1 Å². The van der Waals surface area contributed by atoms with Gasteiger partial charge in [-0.1, -0.05) is 28.9 Å². The molecule has 3 rings (SSSR count). The number of carbonyl (C=O) groups excluding carboxylic acids is 2. The largest absolute Gasteiger partial charge is 0.364 e. The molecule has 0 radical (unpaired) electrons. The minimum Gasteiger partial charge on any atom is -0.364 e. The van der Waals surface area contributed by atoms with E-state index >= 15 is 0 Å². The zero-order valence-electron chi connectivity index (χ0n) is 12.1. The van der Waals surface area contributed by atoms with Crippen LogP contribution in [0.25, 0.3) is 0 Å². The number of amides is 2. The van der Waals surface area contributed by atoms with Gasteiger partial charge < -0.3 is 10.6 Å². The van der Waals surface area contributed by atoms with E-state index in [1.165, 1.54) is 18.0 Å². The average Bonchev–Trinajstić information content (AvgIpc) is 2.94. The molecule has 0 spiro atoms. The molecule has 1 aromatic heterocycles. The number of nitrogens with zero attached hydrogens (tertiary/aromatic N) is 4. The molecular formula is C14H14ClN5O2S. The summed E-state index contributed by atoms with van der Waals surface area (Å²) in [6.45, 7) is 1.09. The number of carbonyl (C=O) groups is 2. The second-order valence-electron chi connectivity index (χ2n) is 5.12. The van der Waals surface area contributed by atoms with Crippen LogP contribution in [0.3, 0.4) is 0 Å². The molecule has 2 N–H and O–H groups in total. The third kappa shape index (κ3) is 3.48. The lowest BCUT2D eigenvalue weighted by Crippen LogP contribution is -2.51. The highest BCUT2D eigenvalue weighted by Gasteiger charge is 2.32. The fourth-order valence-electron chi connectivity index (χ4n) is 2.19. The van der Waals surface area contributed by atoms with Gasteiger partial charge in [0.1, 0.15) is 0 Å². The first kappa shape index (κ1) is 15.8. The summed E-state index contributed by atoms with van der Waals surface area (Å²) in [5, 5.41) is 8.20. The highest BCUT2D eigenvalue weighted by molar-refractivity contribution is 8.00. The van der Waals surface area contributed by atoms with Crippen molar-refractivity contribution < 1.29 is 9.59 Å². The molecule has 1 aliphatic heterocycles. The summed E-state index contributed by atoms with van der Waals surface area (Å²) in [6, 6.07) is 7.46. The molecule has 2 amide bonds. The average molecular weight is 352 g/mol. The van der Waals surface area contributed by atoms with Crippen LogP contribution in [0.4, 0.5) is 0 Å². The fraction of sp³-hybridized carbons (Fsp3) is 0.286. The van der Waals surface area contributed by atoms with E-state index < -0.39 is 5.91 Å². The van der Waals surface area contributed by atoms with Crippen molar-refractivity contribution in [3.8, 4) is 0 Å². The summed E-state index contributed by atoms with van der Waals surface area (Å²) < 4.78 is 1.57. The van der Waals surface area contributed by atoms with Crippen LogP contribution in [0, 0.1) is 0 Å². The zero-order chi connectivity index (χ0) is 16.4. The van der Waals surface area contributed by atoms with E-state index in [4.69, 9.17) is 17.3 Å². The Hall–Kier alpha value is -2.06. The first-order valence-corrected chi connectivity index (χ1v) is 8.27. The van der Waals surface area contributed by atoms with Crippen LogP contribution in [-0.4, -0.2) is 50.6 Å². The maximum Gasteiger partial charge on any atom is 0.270 e. The van der Waals surface area contributed by atoms with Gasteiger partial charge in [-0.2, -0.15) is 0 Å². The molecule has 120 valence electrons. The molecule has 7 nitrogen and oxygen atoms in total. The normalized spacial score (nSPS) is 14.6. The Morgan fingerprint density at radius 1 is 1.35 bits per heavy atom. The molecule has 0 unspecified atom stereocenters. The van der Waals surface area contributed by atoms with Crippen molar-refractivity contribution in [3.63, 3.8) is 0 Å². The fourth-order valence-corrected chi connectivity index (χ4v) is 3.33. The van der Waals surface area contributed by atoms with Gasteiger partial charge in [-0.3, -0.25) is 9.59 Å². The van der Waals surface area contributed by atoms with E-state index in [1.54, 1.807) is 15.6 Å². The Labute approximate surface area is 141 Å². The van der Waals surface area contributed by atoms with Crippen LogP contribution in [0.5, 0.6) is 0 Å². The van der Waals surface area contributed by atoms with Crippen LogP contribution >= 0.6 is 23.4 Å². The van der Waals surface area contributed by atoms with Gasteiger partial charge in [0.15, 0.2) is 5.69 Å². The predicted octanol–water partition coefficient (Wildman–Crippen LogP) is 1.21. The SMILES string of the molecule is NC(=O)c1cn(C2CN(C(=O)CSc3ccccc3Cl)C2)nn1. The number of rotatable bonds is 5. The van der Waals surface area contributed by atoms with Gasteiger partial charge in [0.25, 0.3) is 5.91 Å². The molecule has 2 heterocycles. The Kier molecular flexibility index (Phi) is 4.53. The lowest BCUT2D eigenvalue weighted by atomic mass is 10.1. The van der Waals surface area contributed by atoms with E-state index in [0.717, 1.165) is 4.90 Å².